The van der Waals surface area contributed by atoms with Crippen LogP contribution in [0.5, 0.6) is 0 Å². The zero-order valence-corrected chi connectivity index (χ0v) is 15.8. The molecule has 1 unspecified atom stereocenters. The summed E-state index contributed by atoms with van der Waals surface area (Å²) in [4.78, 5) is 13.0. The molecule has 3 nitrogen and oxygen atoms in total. The van der Waals surface area contributed by atoms with E-state index in [-0.39, 0.29) is 5.78 Å². The normalized spacial score (nSPS) is 12.4. The third-order valence-corrected chi connectivity index (χ3v) is 4.28. The first-order chi connectivity index (χ1) is 13.1. The molecule has 1 N–H and O–H groups in total. The molecule has 0 heterocycles. The molecule has 3 aromatic carbocycles. The maximum Gasteiger partial charge on any atom is 0.198 e. The Kier molecular flexibility index (Phi) is 7.93. The molecule has 27 heavy (non-hydrogen) atoms. The van der Waals surface area contributed by atoms with Gasteiger partial charge in [-0.05, 0) is 24.0 Å². The van der Waals surface area contributed by atoms with Gasteiger partial charge in [-0.2, -0.15) is 0 Å². The van der Waals surface area contributed by atoms with Crippen molar-refractivity contribution in [1.82, 2.24) is 0 Å². The monoisotopic (exact) mass is 362 g/mol. The van der Waals surface area contributed by atoms with Crippen molar-refractivity contribution in [3.63, 3.8) is 0 Å². The molecule has 3 heteroatoms. The largest absolute Gasteiger partial charge is 0.388 e. The fourth-order valence-electron chi connectivity index (χ4n) is 2.90. The fourth-order valence-corrected chi connectivity index (χ4v) is 2.90. The lowest BCUT2D eigenvalue weighted by Crippen LogP contribution is -2.36. The lowest BCUT2D eigenvalue weighted by Gasteiger charge is -2.27. The Morgan fingerprint density at radius 1 is 0.815 bits per heavy atom. The zero-order chi connectivity index (χ0) is 19.5. The van der Waals surface area contributed by atoms with Crippen LogP contribution in [0.2, 0.25) is 0 Å². The molecule has 0 saturated heterocycles. The molecule has 0 bridgehead atoms. The van der Waals surface area contributed by atoms with Crippen molar-refractivity contribution in [1.29, 1.82) is 0 Å². The van der Waals surface area contributed by atoms with Gasteiger partial charge in [-0.1, -0.05) is 91.0 Å². The third kappa shape index (κ3) is 5.61. The van der Waals surface area contributed by atoms with Crippen LogP contribution in [0.3, 0.4) is 0 Å². The Morgan fingerprint density at radius 2 is 1.26 bits per heavy atom. The summed E-state index contributed by atoms with van der Waals surface area (Å²) < 4.78 is 4.25. The number of hydrogen-bond acceptors (Lipinski definition) is 3. The molecule has 140 valence electrons. The number of ketones is 1. The van der Waals surface area contributed by atoms with Crippen LogP contribution in [-0.2, 0) is 16.8 Å². The highest BCUT2D eigenvalue weighted by atomic mass is 16.4. The summed E-state index contributed by atoms with van der Waals surface area (Å²) in [6, 6.07) is 28.1. The number of aliphatic hydroxyl groups is 1. The van der Waals surface area contributed by atoms with Crippen LogP contribution < -0.4 is 0 Å². The number of hydrogen-bond donors (Lipinski definition) is 1. The first kappa shape index (κ1) is 20.6. The average Bonchev–Trinajstić information content (AvgIpc) is 2.74. The predicted molar refractivity (Wildman–Crippen MR) is 109 cm³/mol. The molecule has 3 rings (SSSR count). The Bertz CT molecular complexity index is 801. The van der Waals surface area contributed by atoms with Crippen LogP contribution in [0.15, 0.2) is 91.0 Å². The molecular formula is C24H26O3. The van der Waals surface area contributed by atoms with Crippen molar-refractivity contribution in [2.45, 2.75) is 18.4 Å². The first-order valence-electron chi connectivity index (χ1n) is 8.93. The Hall–Kier alpha value is -2.75. The topological polar surface area (TPSA) is 46.5 Å². The molecule has 0 radical (unpaired) electrons. The smallest absolute Gasteiger partial charge is 0.198 e. The summed E-state index contributed by atoms with van der Waals surface area (Å²) in [7, 11) is 3.25. The number of aryl methyl sites for hydroxylation is 1. The minimum Gasteiger partial charge on any atom is -0.388 e. The van der Waals surface area contributed by atoms with E-state index < -0.39 is 5.60 Å². The van der Waals surface area contributed by atoms with Crippen LogP contribution in [-0.4, -0.2) is 25.1 Å². The third-order valence-electron chi connectivity index (χ3n) is 4.28. The molecule has 0 aliphatic carbocycles. The van der Waals surface area contributed by atoms with Gasteiger partial charge in [0, 0.05) is 19.8 Å². The molecule has 0 amide bonds. The number of Topliss-reactive ketones (excluding diaryl/α,β-unsaturated/α-hetero) is 1. The van der Waals surface area contributed by atoms with E-state index >= 15 is 0 Å². The Morgan fingerprint density at radius 3 is 1.78 bits per heavy atom. The number of ether oxygens (including phenoxy) is 1. The minimum absolute atomic E-state index is 0.259. The summed E-state index contributed by atoms with van der Waals surface area (Å²) in [6.45, 7) is 0. The van der Waals surface area contributed by atoms with E-state index in [4.69, 9.17) is 0 Å². The fraction of sp³-hybridized carbons (Fsp3) is 0.208. The molecule has 0 aromatic heterocycles. The van der Waals surface area contributed by atoms with Gasteiger partial charge in [-0.25, -0.2) is 0 Å². The van der Waals surface area contributed by atoms with Crippen molar-refractivity contribution in [2.24, 2.45) is 0 Å². The standard InChI is InChI=1S/C22H20O2.C2H6O/c23-21(19-12-6-2-7-13-19)22(24,20-14-8-3-9-15-20)17-16-18-10-4-1-5-11-18;1-3-2/h1-15,24H,16-17H2;1-2H3. The molecule has 0 fully saturated rings. The van der Waals surface area contributed by atoms with Gasteiger partial charge in [0.25, 0.3) is 0 Å². The van der Waals surface area contributed by atoms with E-state index in [1.54, 1.807) is 26.4 Å². The van der Waals surface area contributed by atoms with Crippen LogP contribution in [0, 0.1) is 0 Å². The van der Waals surface area contributed by atoms with Crippen LogP contribution in [0.25, 0.3) is 0 Å². The average molecular weight is 362 g/mol. The lowest BCUT2D eigenvalue weighted by molar-refractivity contribution is 0.0253. The SMILES string of the molecule is COC.O=C(c1ccccc1)C(O)(CCc1ccccc1)c1ccccc1. The molecule has 0 saturated carbocycles. The second-order valence-corrected chi connectivity index (χ2v) is 6.32. The van der Waals surface area contributed by atoms with Crippen molar-refractivity contribution in [3.8, 4) is 0 Å². The van der Waals surface area contributed by atoms with E-state index in [1.165, 1.54) is 0 Å². The van der Waals surface area contributed by atoms with Crippen molar-refractivity contribution in [2.75, 3.05) is 14.2 Å². The maximum atomic E-state index is 13.0. The second kappa shape index (κ2) is 10.4. The van der Waals surface area contributed by atoms with Gasteiger partial charge in [0.05, 0.1) is 0 Å². The van der Waals surface area contributed by atoms with Crippen LogP contribution >= 0.6 is 0 Å². The van der Waals surface area contributed by atoms with Gasteiger partial charge in [-0.15, -0.1) is 0 Å². The minimum atomic E-state index is -1.53. The molecular weight excluding hydrogens is 336 g/mol. The summed E-state index contributed by atoms with van der Waals surface area (Å²) >= 11 is 0. The number of carbonyl (C=O) groups is 1. The predicted octanol–water partition coefficient (Wildman–Crippen LogP) is 4.65. The molecule has 0 spiro atoms. The molecule has 0 aliphatic rings. The summed E-state index contributed by atoms with van der Waals surface area (Å²) in [5, 5.41) is 11.3. The quantitative estimate of drug-likeness (QED) is 0.649. The Balaban J connectivity index is 0.000000817. The van der Waals surface area contributed by atoms with Gasteiger partial charge >= 0.3 is 0 Å². The van der Waals surface area contributed by atoms with E-state index in [1.807, 2.05) is 78.9 Å². The summed E-state index contributed by atoms with van der Waals surface area (Å²) in [5.41, 5.74) is 0.734. The van der Waals surface area contributed by atoms with Crippen molar-refractivity contribution in [3.05, 3.63) is 108 Å². The van der Waals surface area contributed by atoms with E-state index in [0.29, 0.717) is 24.0 Å². The van der Waals surface area contributed by atoms with E-state index in [0.717, 1.165) is 5.56 Å². The van der Waals surface area contributed by atoms with Crippen molar-refractivity contribution >= 4 is 5.78 Å². The molecule has 0 aliphatic heterocycles. The highest BCUT2D eigenvalue weighted by Crippen LogP contribution is 2.31. The van der Waals surface area contributed by atoms with Gasteiger partial charge < -0.3 is 9.84 Å². The molecule has 3 aromatic rings. The first-order valence-corrected chi connectivity index (χ1v) is 8.93. The maximum absolute atomic E-state index is 13.0. The molecule has 1 atom stereocenters. The highest BCUT2D eigenvalue weighted by molar-refractivity contribution is 6.02. The second-order valence-electron chi connectivity index (χ2n) is 6.32. The zero-order valence-electron chi connectivity index (χ0n) is 15.8. The number of methoxy groups -OCH3 is 1. The van der Waals surface area contributed by atoms with E-state index in [9.17, 15) is 9.90 Å². The van der Waals surface area contributed by atoms with Crippen LogP contribution in [0.4, 0.5) is 0 Å². The summed E-state index contributed by atoms with van der Waals surface area (Å²) in [6.07, 6.45) is 0.972. The number of benzene rings is 3. The lowest BCUT2D eigenvalue weighted by atomic mass is 9.81. The number of rotatable bonds is 6. The van der Waals surface area contributed by atoms with Gasteiger partial charge in [0.1, 0.15) is 0 Å². The van der Waals surface area contributed by atoms with Gasteiger partial charge in [0.2, 0.25) is 0 Å². The Labute approximate surface area is 161 Å². The number of carbonyl (C=O) groups excluding carboxylic acids is 1. The summed E-state index contributed by atoms with van der Waals surface area (Å²) in [5.74, 6) is -0.259. The van der Waals surface area contributed by atoms with E-state index in [2.05, 4.69) is 4.74 Å². The highest BCUT2D eigenvalue weighted by Gasteiger charge is 2.37. The van der Waals surface area contributed by atoms with Crippen LogP contribution in [0.1, 0.15) is 27.9 Å². The van der Waals surface area contributed by atoms with Gasteiger partial charge in [-0.3, -0.25) is 4.79 Å². The van der Waals surface area contributed by atoms with Crippen molar-refractivity contribution < 1.29 is 14.6 Å². The van der Waals surface area contributed by atoms with Gasteiger partial charge in [0.15, 0.2) is 11.4 Å².